The van der Waals surface area contributed by atoms with Gasteiger partial charge in [0.15, 0.2) is 0 Å². The van der Waals surface area contributed by atoms with Gasteiger partial charge in [-0.15, -0.1) is 0 Å². The van der Waals surface area contributed by atoms with Crippen molar-refractivity contribution in [2.75, 3.05) is 11.9 Å². The minimum absolute atomic E-state index is 0.113. The molecule has 2 aromatic rings. The SMILES string of the molecule is CC1(C)C[C@H](Cc2nc(NCCc3ccccc3C#N)ncc2C#N)CC[C@@H]1O. The summed E-state index contributed by atoms with van der Waals surface area (Å²) in [6.07, 6.45) is 5.35. The van der Waals surface area contributed by atoms with Crippen LogP contribution in [0.15, 0.2) is 30.5 Å². The molecule has 0 amide bonds. The molecule has 1 aromatic heterocycles. The van der Waals surface area contributed by atoms with Crippen LogP contribution in [-0.2, 0) is 12.8 Å². The predicted molar refractivity (Wildman–Crippen MR) is 111 cm³/mol. The zero-order valence-electron chi connectivity index (χ0n) is 17.0. The van der Waals surface area contributed by atoms with Crippen LogP contribution in [0, 0.1) is 34.0 Å². The van der Waals surface area contributed by atoms with Crippen molar-refractivity contribution < 1.29 is 5.11 Å². The molecule has 1 saturated carbocycles. The van der Waals surface area contributed by atoms with E-state index in [1.165, 1.54) is 0 Å². The van der Waals surface area contributed by atoms with Gasteiger partial charge in [0, 0.05) is 6.54 Å². The first-order valence-corrected chi connectivity index (χ1v) is 10.1. The number of anilines is 1. The fourth-order valence-corrected chi connectivity index (χ4v) is 4.12. The highest BCUT2D eigenvalue weighted by Crippen LogP contribution is 2.40. The monoisotopic (exact) mass is 389 g/mol. The van der Waals surface area contributed by atoms with Gasteiger partial charge in [-0.25, -0.2) is 9.97 Å². The molecular weight excluding hydrogens is 362 g/mol. The Balaban J connectivity index is 1.66. The van der Waals surface area contributed by atoms with Crippen LogP contribution in [0.2, 0.25) is 0 Å². The van der Waals surface area contributed by atoms with E-state index in [1.54, 1.807) is 6.20 Å². The molecule has 1 heterocycles. The van der Waals surface area contributed by atoms with Gasteiger partial charge in [0.2, 0.25) is 5.95 Å². The van der Waals surface area contributed by atoms with Gasteiger partial charge in [-0.2, -0.15) is 10.5 Å². The van der Waals surface area contributed by atoms with Crippen LogP contribution in [0.5, 0.6) is 0 Å². The summed E-state index contributed by atoms with van der Waals surface area (Å²) in [4.78, 5) is 8.87. The number of hydrogen-bond acceptors (Lipinski definition) is 6. The lowest BCUT2D eigenvalue weighted by Crippen LogP contribution is -2.37. The lowest BCUT2D eigenvalue weighted by molar-refractivity contribution is -0.00748. The molecule has 3 rings (SSSR count). The number of nitrogens with one attached hydrogen (secondary N) is 1. The number of aliphatic hydroxyl groups excluding tert-OH is 1. The van der Waals surface area contributed by atoms with Crippen LogP contribution in [0.25, 0.3) is 0 Å². The van der Waals surface area contributed by atoms with Crippen molar-refractivity contribution in [1.82, 2.24) is 9.97 Å². The molecule has 0 radical (unpaired) electrons. The molecular formula is C23H27N5O. The van der Waals surface area contributed by atoms with E-state index in [2.05, 4.69) is 41.3 Å². The molecule has 1 fully saturated rings. The normalized spacial score (nSPS) is 20.4. The predicted octanol–water partition coefficient (Wildman–Crippen LogP) is 3.60. The number of hydrogen-bond donors (Lipinski definition) is 2. The lowest BCUT2D eigenvalue weighted by atomic mass is 9.69. The van der Waals surface area contributed by atoms with E-state index in [9.17, 15) is 15.6 Å². The topological polar surface area (TPSA) is 106 Å². The largest absolute Gasteiger partial charge is 0.393 e. The number of nitrogens with zero attached hydrogens (tertiary/aromatic N) is 4. The average Bonchev–Trinajstić information content (AvgIpc) is 2.71. The standard InChI is InChI=1S/C23H27N5O/c1-23(2)12-16(7-8-21(23)29)11-20-19(14-25)15-27-22(28-20)26-10-9-17-5-3-4-6-18(17)13-24/h3-6,15-16,21,29H,7-12H2,1-2H3,(H,26,27,28)/t16-,21-/m0/s1. The lowest BCUT2D eigenvalue weighted by Gasteiger charge is -2.39. The third kappa shape index (κ3) is 5.10. The van der Waals surface area contributed by atoms with E-state index < -0.39 is 0 Å². The summed E-state index contributed by atoms with van der Waals surface area (Å²) in [5, 5.41) is 32.0. The molecule has 2 N–H and O–H groups in total. The Hall–Kier alpha value is -2.96. The van der Waals surface area contributed by atoms with Gasteiger partial charge in [-0.3, -0.25) is 0 Å². The quantitative estimate of drug-likeness (QED) is 0.782. The Morgan fingerprint density at radius 1 is 1.17 bits per heavy atom. The van der Waals surface area contributed by atoms with Crippen LogP contribution in [0.4, 0.5) is 5.95 Å². The van der Waals surface area contributed by atoms with Crippen molar-refractivity contribution in [3.63, 3.8) is 0 Å². The van der Waals surface area contributed by atoms with Gasteiger partial charge in [-0.1, -0.05) is 32.0 Å². The van der Waals surface area contributed by atoms with Gasteiger partial charge in [-0.05, 0) is 55.1 Å². The zero-order valence-corrected chi connectivity index (χ0v) is 17.0. The average molecular weight is 390 g/mol. The zero-order chi connectivity index (χ0) is 20.9. The van der Waals surface area contributed by atoms with Crippen LogP contribution >= 0.6 is 0 Å². The molecule has 6 heteroatoms. The van der Waals surface area contributed by atoms with E-state index in [1.807, 2.05) is 24.3 Å². The van der Waals surface area contributed by atoms with Crippen LogP contribution in [-0.4, -0.2) is 27.7 Å². The minimum Gasteiger partial charge on any atom is -0.393 e. The van der Waals surface area contributed by atoms with E-state index in [-0.39, 0.29) is 11.5 Å². The van der Waals surface area contributed by atoms with Crippen LogP contribution in [0.3, 0.4) is 0 Å². The highest BCUT2D eigenvalue weighted by molar-refractivity contribution is 5.39. The summed E-state index contributed by atoms with van der Waals surface area (Å²) >= 11 is 0. The second-order valence-electron chi connectivity index (χ2n) is 8.47. The van der Waals surface area contributed by atoms with Crippen molar-refractivity contribution in [2.45, 2.75) is 52.1 Å². The van der Waals surface area contributed by atoms with Gasteiger partial charge in [0.1, 0.15) is 6.07 Å². The summed E-state index contributed by atoms with van der Waals surface area (Å²) < 4.78 is 0. The van der Waals surface area contributed by atoms with Crippen molar-refractivity contribution in [2.24, 2.45) is 11.3 Å². The Morgan fingerprint density at radius 3 is 2.66 bits per heavy atom. The Bertz CT molecular complexity index is 941. The summed E-state index contributed by atoms with van der Waals surface area (Å²) in [5.74, 6) is 0.897. The Kier molecular flexibility index (Phi) is 6.46. The smallest absolute Gasteiger partial charge is 0.222 e. The molecule has 29 heavy (non-hydrogen) atoms. The van der Waals surface area contributed by atoms with E-state index in [0.717, 1.165) is 30.5 Å². The third-order valence-electron chi connectivity index (χ3n) is 5.85. The number of aromatic nitrogens is 2. The maximum atomic E-state index is 10.2. The molecule has 150 valence electrons. The number of aliphatic hydroxyl groups is 1. The summed E-state index contributed by atoms with van der Waals surface area (Å²) in [6, 6.07) is 12.0. The van der Waals surface area contributed by atoms with E-state index >= 15 is 0 Å². The van der Waals surface area contributed by atoms with E-state index in [4.69, 9.17) is 0 Å². The first-order chi connectivity index (χ1) is 13.9. The highest BCUT2D eigenvalue weighted by atomic mass is 16.3. The molecule has 0 aliphatic heterocycles. The van der Waals surface area contributed by atoms with Crippen molar-refractivity contribution >= 4 is 5.95 Å². The van der Waals surface area contributed by atoms with Crippen LogP contribution < -0.4 is 5.32 Å². The van der Waals surface area contributed by atoms with Gasteiger partial charge < -0.3 is 10.4 Å². The van der Waals surface area contributed by atoms with E-state index in [0.29, 0.717) is 42.4 Å². The van der Waals surface area contributed by atoms with Gasteiger partial charge in [0.25, 0.3) is 0 Å². The molecule has 0 spiro atoms. The fraction of sp³-hybridized carbons (Fsp3) is 0.478. The maximum absolute atomic E-state index is 10.2. The molecule has 2 atom stereocenters. The Labute approximate surface area is 172 Å². The Morgan fingerprint density at radius 2 is 1.93 bits per heavy atom. The fourth-order valence-electron chi connectivity index (χ4n) is 4.12. The number of benzene rings is 1. The number of rotatable bonds is 6. The molecule has 0 bridgehead atoms. The first kappa shape index (κ1) is 20.8. The molecule has 1 aliphatic carbocycles. The minimum atomic E-state index is -0.270. The van der Waals surface area contributed by atoms with Crippen molar-refractivity contribution in [3.8, 4) is 12.1 Å². The second kappa shape index (κ2) is 9.03. The summed E-state index contributed by atoms with van der Waals surface area (Å²) in [6.45, 7) is 4.80. The summed E-state index contributed by atoms with van der Waals surface area (Å²) in [5.41, 5.74) is 2.82. The maximum Gasteiger partial charge on any atom is 0.222 e. The molecule has 6 nitrogen and oxygen atoms in total. The second-order valence-corrected chi connectivity index (χ2v) is 8.47. The molecule has 0 unspecified atom stereocenters. The molecule has 1 aromatic carbocycles. The summed E-state index contributed by atoms with van der Waals surface area (Å²) in [7, 11) is 0. The van der Waals surface area contributed by atoms with Gasteiger partial charge in [0.05, 0.1) is 35.2 Å². The van der Waals surface area contributed by atoms with Crippen molar-refractivity contribution in [3.05, 3.63) is 52.8 Å². The highest BCUT2D eigenvalue weighted by Gasteiger charge is 2.35. The third-order valence-corrected chi connectivity index (χ3v) is 5.85. The number of nitriles is 2. The molecule has 0 saturated heterocycles. The van der Waals surface area contributed by atoms with Crippen molar-refractivity contribution in [1.29, 1.82) is 10.5 Å². The van der Waals surface area contributed by atoms with Gasteiger partial charge >= 0.3 is 0 Å². The molecule has 1 aliphatic rings. The van der Waals surface area contributed by atoms with Crippen LogP contribution in [0.1, 0.15) is 55.5 Å². The first-order valence-electron chi connectivity index (χ1n) is 10.1.